The lowest BCUT2D eigenvalue weighted by Crippen LogP contribution is -2.38. The quantitative estimate of drug-likeness (QED) is 0.707. The topological polar surface area (TPSA) is 46.3 Å². The van der Waals surface area contributed by atoms with Crippen LogP contribution in [0.5, 0.6) is 0 Å². The lowest BCUT2D eigenvalue weighted by Gasteiger charge is -2.31. The van der Waals surface area contributed by atoms with Crippen LogP contribution >= 0.6 is 0 Å². The number of carbonyl (C=O) groups is 1. The summed E-state index contributed by atoms with van der Waals surface area (Å²) in [7, 11) is 0. The van der Waals surface area contributed by atoms with Gasteiger partial charge in [0, 0.05) is 24.2 Å². The molecule has 82 valence electrons. The zero-order valence-electron chi connectivity index (χ0n) is 9.20. The molecule has 0 aromatic heterocycles. The van der Waals surface area contributed by atoms with Crippen LogP contribution in [0.1, 0.15) is 32.6 Å². The summed E-state index contributed by atoms with van der Waals surface area (Å²) >= 11 is 0. The molecule has 3 nitrogen and oxygen atoms in total. The number of allylic oxidation sites excluding steroid dienone is 1. The number of hydrogen-bond donors (Lipinski definition) is 1. The van der Waals surface area contributed by atoms with Crippen LogP contribution in [0, 0.1) is 0 Å². The number of nitrogens with two attached hydrogens (primary N) is 1. The van der Waals surface area contributed by atoms with Crippen LogP contribution in [0.15, 0.2) is 23.9 Å². The van der Waals surface area contributed by atoms with E-state index in [0.717, 1.165) is 31.5 Å². The molecule has 1 aliphatic carbocycles. The fourth-order valence-electron chi connectivity index (χ4n) is 2.02. The monoisotopic (exact) mass is 206 g/mol. The SMILES string of the molecule is CC1(N)C=CC(N2CCCCC2=O)=CC1. The Morgan fingerprint density at radius 1 is 1.47 bits per heavy atom. The second-order valence-electron chi connectivity index (χ2n) is 4.67. The number of nitrogens with zero attached hydrogens (tertiary/aromatic N) is 1. The molecule has 0 spiro atoms. The van der Waals surface area contributed by atoms with Gasteiger partial charge in [-0.05, 0) is 32.3 Å². The molecule has 2 aliphatic rings. The highest BCUT2D eigenvalue weighted by Crippen LogP contribution is 2.23. The van der Waals surface area contributed by atoms with Crippen molar-refractivity contribution in [2.45, 2.75) is 38.1 Å². The molecule has 0 bridgehead atoms. The van der Waals surface area contributed by atoms with Crippen molar-refractivity contribution in [3.8, 4) is 0 Å². The van der Waals surface area contributed by atoms with Gasteiger partial charge < -0.3 is 10.6 Å². The van der Waals surface area contributed by atoms with Crippen LogP contribution in [-0.2, 0) is 4.79 Å². The predicted octanol–water partition coefficient (Wildman–Crippen LogP) is 1.56. The third-order valence-electron chi connectivity index (χ3n) is 3.02. The molecule has 2 rings (SSSR count). The molecule has 1 saturated heterocycles. The van der Waals surface area contributed by atoms with Gasteiger partial charge in [-0.3, -0.25) is 4.79 Å². The van der Waals surface area contributed by atoms with Crippen molar-refractivity contribution in [3.63, 3.8) is 0 Å². The van der Waals surface area contributed by atoms with Crippen molar-refractivity contribution >= 4 is 5.91 Å². The molecule has 1 amide bonds. The lowest BCUT2D eigenvalue weighted by atomic mass is 9.93. The molecule has 1 heterocycles. The van der Waals surface area contributed by atoms with E-state index in [-0.39, 0.29) is 11.4 Å². The van der Waals surface area contributed by atoms with Gasteiger partial charge in [0.2, 0.25) is 5.91 Å². The summed E-state index contributed by atoms with van der Waals surface area (Å²) in [6.45, 7) is 2.85. The maximum Gasteiger partial charge on any atom is 0.226 e. The van der Waals surface area contributed by atoms with Crippen molar-refractivity contribution in [2.75, 3.05) is 6.54 Å². The molecule has 0 radical (unpaired) electrons. The predicted molar refractivity (Wildman–Crippen MR) is 60.0 cm³/mol. The standard InChI is InChI=1S/C12H18N2O/c1-12(13)7-5-10(6-8-12)14-9-3-2-4-11(14)15/h5-7H,2-4,8-9,13H2,1H3. The molecular weight excluding hydrogens is 188 g/mol. The second kappa shape index (κ2) is 3.81. The molecule has 2 N–H and O–H groups in total. The van der Waals surface area contributed by atoms with E-state index in [1.807, 2.05) is 24.0 Å². The molecule has 15 heavy (non-hydrogen) atoms. The van der Waals surface area contributed by atoms with Crippen LogP contribution in [0.2, 0.25) is 0 Å². The van der Waals surface area contributed by atoms with Gasteiger partial charge in [-0.15, -0.1) is 0 Å². The average Bonchev–Trinajstić information content (AvgIpc) is 2.19. The summed E-state index contributed by atoms with van der Waals surface area (Å²) < 4.78 is 0. The van der Waals surface area contributed by atoms with Crippen LogP contribution in [-0.4, -0.2) is 22.9 Å². The van der Waals surface area contributed by atoms with Crippen LogP contribution < -0.4 is 5.73 Å². The molecule has 1 aliphatic heterocycles. The van der Waals surface area contributed by atoms with Crippen molar-refractivity contribution in [1.29, 1.82) is 0 Å². The maximum atomic E-state index is 11.7. The van der Waals surface area contributed by atoms with Gasteiger partial charge >= 0.3 is 0 Å². The number of hydrogen-bond acceptors (Lipinski definition) is 2. The normalized spacial score (nSPS) is 31.7. The zero-order chi connectivity index (χ0) is 10.9. The van der Waals surface area contributed by atoms with Gasteiger partial charge in [0.1, 0.15) is 0 Å². The van der Waals surface area contributed by atoms with E-state index in [2.05, 4.69) is 6.08 Å². The molecule has 1 fully saturated rings. The number of carbonyl (C=O) groups excluding carboxylic acids is 1. The summed E-state index contributed by atoms with van der Waals surface area (Å²) in [6, 6.07) is 0. The Labute approximate surface area is 90.6 Å². The molecule has 1 atom stereocenters. The summed E-state index contributed by atoms with van der Waals surface area (Å²) in [5, 5.41) is 0. The smallest absolute Gasteiger partial charge is 0.226 e. The van der Waals surface area contributed by atoms with Crippen molar-refractivity contribution in [2.24, 2.45) is 5.73 Å². The van der Waals surface area contributed by atoms with E-state index in [0.29, 0.717) is 6.42 Å². The molecule has 1 unspecified atom stereocenters. The Morgan fingerprint density at radius 3 is 2.87 bits per heavy atom. The summed E-state index contributed by atoms with van der Waals surface area (Å²) in [5.74, 6) is 0.248. The Hall–Kier alpha value is -1.09. The second-order valence-corrected chi connectivity index (χ2v) is 4.67. The van der Waals surface area contributed by atoms with Crippen molar-refractivity contribution in [3.05, 3.63) is 23.9 Å². The van der Waals surface area contributed by atoms with Gasteiger partial charge in [-0.1, -0.05) is 12.2 Å². The molecule has 0 aromatic rings. The minimum Gasteiger partial charge on any atom is -0.322 e. The average molecular weight is 206 g/mol. The van der Waals surface area contributed by atoms with Crippen LogP contribution in [0.4, 0.5) is 0 Å². The molecule has 0 saturated carbocycles. The van der Waals surface area contributed by atoms with Gasteiger partial charge in [0.15, 0.2) is 0 Å². The van der Waals surface area contributed by atoms with Gasteiger partial charge in [-0.2, -0.15) is 0 Å². The Morgan fingerprint density at radius 2 is 2.27 bits per heavy atom. The van der Waals surface area contributed by atoms with E-state index in [1.54, 1.807) is 0 Å². The molecule has 3 heteroatoms. The largest absolute Gasteiger partial charge is 0.322 e. The van der Waals surface area contributed by atoms with Crippen molar-refractivity contribution < 1.29 is 4.79 Å². The van der Waals surface area contributed by atoms with Crippen LogP contribution in [0.3, 0.4) is 0 Å². The Kier molecular flexibility index (Phi) is 2.65. The van der Waals surface area contributed by atoms with E-state index < -0.39 is 0 Å². The molecule has 0 aromatic carbocycles. The fourth-order valence-corrected chi connectivity index (χ4v) is 2.02. The van der Waals surface area contributed by atoms with E-state index in [1.165, 1.54) is 0 Å². The van der Waals surface area contributed by atoms with E-state index in [9.17, 15) is 4.79 Å². The molecular formula is C12H18N2O. The fraction of sp³-hybridized carbons (Fsp3) is 0.583. The lowest BCUT2D eigenvalue weighted by molar-refractivity contribution is -0.130. The van der Waals surface area contributed by atoms with Crippen molar-refractivity contribution in [1.82, 2.24) is 4.90 Å². The first kappa shape index (κ1) is 10.4. The Balaban J connectivity index is 2.09. The summed E-state index contributed by atoms with van der Waals surface area (Å²) in [5.41, 5.74) is 6.75. The van der Waals surface area contributed by atoms with E-state index in [4.69, 9.17) is 5.73 Å². The maximum absolute atomic E-state index is 11.7. The highest BCUT2D eigenvalue weighted by atomic mass is 16.2. The van der Waals surface area contributed by atoms with Gasteiger partial charge in [0.05, 0.1) is 0 Å². The minimum absolute atomic E-state index is 0.248. The third kappa shape index (κ3) is 2.29. The first-order valence-electron chi connectivity index (χ1n) is 5.57. The number of rotatable bonds is 1. The third-order valence-corrected chi connectivity index (χ3v) is 3.02. The van der Waals surface area contributed by atoms with Gasteiger partial charge in [-0.25, -0.2) is 0 Å². The number of piperidine rings is 1. The zero-order valence-corrected chi connectivity index (χ0v) is 9.20. The summed E-state index contributed by atoms with van der Waals surface area (Å²) in [6.07, 6.45) is 9.67. The van der Waals surface area contributed by atoms with Gasteiger partial charge in [0.25, 0.3) is 0 Å². The highest BCUT2D eigenvalue weighted by Gasteiger charge is 2.24. The number of amides is 1. The summed E-state index contributed by atoms with van der Waals surface area (Å²) in [4.78, 5) is 13.6. The van der Waals surface area contributed by atoms with Crippen LogP contribution in [0.25, 0.3) is 0 Å². The van der Waals surface area contributed by atoms with E-state index >= 15 is 0 Å². The Bertz CT molecular complexity index is 329. The number of likely N-dealkylation sites (tertiary alicyclic amines) is 1. The first-order valence-corrected chi connectivity index (χ1v) is 5.57. The first-order chi connectivity index (χ1) is 7.08. The highest BCUT2D eigenvalue weighted by molar-refractivity contribution is 5.79. The minimum atomic E-state index is -0.248.